The van der Waals surface area contributed by atoms with Gasteiger partial charge in [-0.25, -0.2) is 4.79 Å². The van der Waals surface area contributed by atoms with Gasteiger partial charge in [0.2, 0.25) is 0 Å². The summed E-state index contributed by atoms with van der Waals surface area (Å²) in [5.41, 5.74) is 0. The highest BCUT2D eigenvalue weighted by atomic mass is 16.2. The van der Waals surface area contributed by atoms with E-state index in [4.69, 9.17) is 0 Å². The number of imide groups is 1. The molecule has 23 heavy (non-hydrogen) atoms. The number of quaternary nitrogens is 1. The molecule has 2 saturated carbocycles. The van der Waals surface area contributed by atoms with E-state index in [9.17, 15) is 9.59 Å². The zero-order valence-electron chi connectivity index (χ0n) is 14.2. The number of nitrogens with one attached hydrogen (secondary N) is 3. The average molecular weight is 322 g/mol. The molecule has 2 aliphatic carbocycles. The molecule has 0 aromatic rings. The van der Waals surface area contributed by atoms with Crippen molar-refractivity contribution >= 4 is 11.9 Å². The number of rotatable bonds is 3. The molecule has 0 aromatic heterocycles. The Labute approximate surface area is 139 Å². The van der Waals surface area contributed by atoms with E-state index in [-0.39, 0.29) is 18.0 Å². The third-order valence-electron chi connectivity index (χ3n) is 6.09. The maximum Gasteiger partial charge on any atom is 0.321 e. The molecule has 3 N–H and O–H groups in total. The highest BCUT2D eigenvalue weighted by Gasteiger charge is 2.37. The Kier molecular flexibility index (Phi) is 5.92. The molecule has 3 atom stereocenters. The van der Waals surface area contributed by atoms with Crippen molar-refractivity contribution in [2.24, 2.45) is 5.92 Å². The van der Waals surface area contributed by atoms with Crippen molar-refractivity contribution in [2.45, 2.75) is 82.7 Å². The summed E-state index contributed by atoms with van der Waals surface area (Å²) in [5, 5.41) is 5.52. The van der Waals surface area contributed by atoms with E-state index in [2.05, 4.69) is 10.6 Å². The first-order valence-corrected chi connectivity index (χ1v) is 9.67. The van der Waals surface area contributed by atoms with Crippen LogP contribution < -0.4 is 15.5 Å². The molecular formula is C18H32N3O2+. The Morgan fingerprint density at radius 1 is 0.870 bits per heavy atom. The van der Waals surface area contributed by atoms with Gasteiger partial charge in [-0.2, -0.15) is 0 Å². The van der Waals surface area contributed by atoms with Crippen molar-refractivity contribution < 1.29 is 14.5 Å². The van der Waals surface area contributed by atoms with Gasteiger partial charge in [0.25, 0.3) is 5.91 Å². The monoisotopic (exact) mass is 322 g/mol. The summed E-state index contributed by atoms with van der Waals surface area (Å²) >= 11 is 0. The lowest BCUT2D eigenvalue weighted by molar-refractivity contribution is -0.928. The van der Waals surface area contributed by atoms with E-state index in [1.54, 1.807) is 0 Å². The summed E-state index contributed by atoms with van der Waals surface area (Å²) in [7, 11) is 0. The predicted octanol–water partition coefficient (Wildman–Crippen LogP) is 1.38. The van der Waals surface area contributed by atoms with E-state index in [0.29, 0.717) is 12.6 Å². The van der Waals surface area contributed by atoms with Gasteiger partial charge in [-0.15, -0.1) is 0 Å². The third-order valence-corrected chi connectivity index (χ3v) is 6.09. The minimum absolute atomic E-state index is 0.112. The molecule has 5 heteroatoms. The van der Waals surface area contributed by atoms with Crippen LogP contribution in [0.15, 0.2) is 0 Å². The van der Waals surface area contributed by atoms with Gasteiger partial charge in [0, 0.05) is 12.0 Å². The quantitative estimate of drug-likeness (QED) is 0.735. The van der Waals surface area contributed by atoms with Crippen molar-refractivity contribution in [1.29, 1.82) is 0 Å². The van der Waals surface area contributed by atoms with Gasteiger partial charge in [0.1, 0.15) is 0 Å². The molecule has 3 fully saturated rings. The van der Waals surface area contributed by atoms with E-state index in [1.165, 1.54) is 62.7 Å². The molecule has 1 saturated heterocycles. The molecule has 3 amide bonds. The molecule has 0 spiro atoms. The Morgan fingerprint density at radius 2 is 1.57 bits per heavy atom. The zero-order chi connectivity index (χ0) is 16.1. The van der Waals surface area contributed by atoms with Crippen molar-refractivity contribution in [3.05, 3.63) is 0 Å². The number of piperidine rings is 1. The second-order valence-corrected chi connectivity index (χ2v) is 7.73. The topological polar surface area (TPSA) is 62.6 Å². The lowest BCUT2D eigenvalue weighted by Crippen LogP contribution is -3.18. The lowest BCUT2D eigenvalue weighted by atomic mass is 9.78. The SMILES string of the molecule is O=C(C[NH+]1CCC[C@H]2CCCC[C@@H]21)NC(=O)NC1CCCCC1. The molecule has 3 aliphatic rings. The highest BCUT2D eigenvalue weighted by Crippen LogP contribution is 2.28. The Bertz CT molecular complexity index is 418. The van der Waals surface area contributed by atoms with Crippen LogP contribution in [0.1, 0.15) is 70.6 Å². The van der Waals surface area contributed by atoms with Crippen LogP contribution in [0.2, 0.25) is 0 Å². The largest absolute Gasteiger partial charge is 0.335 e. The molecule has 3 rings (SSSR count). The van der Waals surface area contributed by atoms with Gasteiger partial charge < -0.3 is 10.2 Å². The fraction of sp³-hybridized carbons (Fsp3) is 0.889. The van der Waals surface area contributed by atoms with Gasteiger partial charge in [0.05, 0.1) is 12.6 Å². The first-order valence-electron chi connectivity index (χ1n) is 9.67. The van der Waals surface area contributed by atoms with Crippen LogP contribution in [-0.2, 0) is 4.79 Å². The maximum absolute atomic E-state index is 12.2. The number of hydrogen-bond donors (Lipinski definition) is 3. The number of carbonyl (C=O) groups excluding carboxylic acids is 2. The highest BCUT2D eigenvalue weighted by molar-refractivity contribution is 5.94. The van der Waals surface area contributed by atoms with Crippen molar-refractivity contribution in [1.82, 2.24) is 10.6 Å². The van der Waals surface area contributed by atoms with E-state index < -0.39 is 0 Å². The predicted molar refractivity (Wildman–Crippen MR) is 89.2 cm³/mol. The molecule has 1 unspecified atom stereocenters. The average Bonchev–Trinajstić information content (AvgIpc) is 2.56. The van der Waals surface area contributed by atoms with Gasteiger partial charge in [-0.3, -0.25) is 10.1 Å². The van der Waals surface area contributed by atoms with Gasteiger partial charge in [-0.1, -0.05) is 25.7 Å². The van der Waals surface area contributed by atoms with Crippen LogP contribution in [0.4, 0.5) is 4.79 Å². The van der Waals surface area contributed by atoms with Crippen LogP contribution in [0, 0.1) is 5.92 Å². The van der Waals surface area contributed by atoms with E-state index >= 15 is 0 Å². The summed E-state index contributed by atoms with van der Waals surface area (Å²) in [4.78, 5) is 25.6. The smallest absolute Gasteiger partial charge is 0.321 e. The molecule has 1 aliphatic heterocycles. The number of urea groups is 1. The zero-order valence-corrected chi connectivity index (χ0v) is 14.2. The van der Waals surface area contributed by atoms with Crippen LogP contribution in [0.25, 0.3) is 0 Å². The van der Waals surface area contributed by atoms with Crippen LogP contribution in [0.3, 0.4) is 0 Å². The maximum atomic E-state index is 12.2. The van der Waals surface area contributed by atoms with Crippen LogP contribution in [-0.4, -0.2) is 37.1 Å². The second kappa shape index (κ2) is 8.13. The first-order chi connectivity index (χ1) is 11.2. The summed E-state index contributed by atoms with van der Waals surface area (Å²) in [6, 6.07) is 0.602. The lowest BCUT2D eigenvalue weighted by Gasteiger charge is -2.40. The summed E-state index contributed by atoms with van der Waals surface area (Å²) in [6.07, 6.45) is 13.5. The number of carbonyl (C=O) groups is 2. The number of amides is 3. The fourth-order valence-corrected chi connectivity index (χ4v) is 4.93. The van der Waals surface area contributed by atoms with Crippen molar-refractivity contribution in [2.75, 3.05) is 13.1 Å². The van der Waals surface area contributed by atoms with Crippen LogP contribution >= 0.6 is 0 Å². The Morgan fingerprint density at radius 3 is 2.39 bits per heavy atom. The number of likely N-dealkylation sites (tertiary alicyclic amines) is 1. The third kappa shape index (κ3) is 4.69. The number of fused-ring (bicyclic) bond motifs is 1. The van der Waals surface area contributed by atoms with E-state index in [0.717, 1.165) is 25.3 Å². The summed E-state index contributed by atoms with van der Waals surface area (Å²) in [6.45, 7) is 1.54. The van der Waals surface area contributed by atoms with Gasteiger partial charge in [-0.05, 0) is 44.9 Å². The van der Waals surface area contributed by atoms with Gasteiger partial charge >= 0.3 is 6.03 Å². The summed E-state index contributed by atoms with van der Waals surface area (Å²) in [5.74, 6) is 0.691. The minimum Gasteiger partial charge on any atom is -0.335 e. The summed E-state index contributed by atoms with van der Waals surface area (Å²) < 4.78 is 0. The fourth-order valence-electron chi connectivity index (χ4n) is 4.93. The van der Waals surface area contributed by atoms with Crippen molar-refractivity contribution in [3.8, 4) is 0 Å². The molecule has 0 aromatic carbocycles. The minimum atomic E-state index is -0.293. The first kappa shape index (κ1) is 16.7. The van der Waals surface area contributed by atoms with Crippen LogP contribution in [0.5, 0.6) is 0 Å². The van der Waals surface area contributed by atoms with Crippen molar-refractivity contribution in [3.63, 3.8) is 0 Å². The standard InChI is InChI=1S/C18H31N3O2/c22-17(20-18(23)19-15-9-2-1-3-10-15)13-21-12-6-8-14-7-4-5-11-16(14)21/h14-16H,1-13H2,(H2,19,20,22,23)/p+1/t14-,16+/m1/s1. The molecule has 5 nitrogen and oxygen atoms in total. The molecule has 0 bridgehead atoms. The second-order valence-electron chi connectivity index (χ2n) is 7.73. The van der Waals surface area contributed by atoms with E-state index in [1.807, 2.05) is 0 Å². The molecule has 1 heterocycles. The van der Waals surface area contributed by atoms with Gasteiger partial charge in [0.15, 0.2) is 6.54 Å². The molecule has 0 radical (unpaired) electrons. The molecule has 130 valence electrons. The normalized spacial score (nSPS) is 31.9. The Hall–Kier alpha value is -1.10. The Balaban J connectivity index is 1.43. The number of hydrogen-bond acceptors (Lipinski definition) is 2. The molecular weight excluding hydrogens is 290 g/mol.